The zero-order valence-corrected chi connectivity index (χ0v) is 11.3. The molecule has 94 valence electrons. The van der Waals surface area contributed by atoms with Gasteiger partial charge in [-0.15, -0.1) is 0 Å². The zero-order valence-electron chi connectivity index (χ0n) is 10.5. The van der Waals surface area contributed by atoms with E-state index in [1.165, 1.54) is 0 Å². The summed E-state index contributed by atoms with van der Waals surface area (Å²) in [5.41, 5.74) is 0.276. The average Bonchev–Trinajstić information content (AvgIpc) is 2.99. The van der Waals surface area contributed by atoms with Gasteiger partial charge in [-0.25, -0.2) is 4.98 Å². The van der Waals surface area contributed by atoms with Gasteiger partial charge in [0.1, 0.15) is 0 Å². The van der Waals surface area contributed by atoms with Crippen LogP contribution in [0.3, 0.4) is 0 Å². The molecule has 1 aromatic heterocycles. The first kappa shape index (κ1) is 12.5. The van der Waals surface area contributed by atoms with Crippen LogP contribution in [0.5, 0.6) is 0 Å². The van der Waals surface area contributed by atoms with Gasteiger partial charge in [-0.2, -0.15) is 0 Å². The van der Waals surface area contributed by atoms with Crippen molar-refractivity contribution in [2.45, 2.75) is 38.8 Å². The van der Waals surface area contributed by atoms with E-state index in [1.807, 2.05) is 24.3 Å². The Hall–Kier alpha value is -0.970. The number of hydrogen-bond acceptors (Lipinski definition) is 3. The van der Waals surface area contributed by atoms with E-state index in [4.69, 9.17) is 0 Å². The smallest absolute Gasteiger partial charge is 0.157 e. The Morgan fingerprint density at radius 3 is 2.94 bits per heavy atom. The van der Waals surface area contributed by atoms with Gasteiger partial charge in [0, 0.05) is 30.2 Å². The van der Waals surface area contributed by atoms with Crippen molar-refractivity contribution in [3.05, 3.63) is 18.7 Å². The topological polar surface area (TPSA) is 42.2 Å². The van der Waals surface area contributed by atoms with Crippen LogP contribution in [0.1, 0.15) is 26.7 Å². The third kappa shape index (κ3) is 3.03. The molecule has 0 atom stereocenters. The number of nitrogens with one attached hydrogen (secondary N) is 1. The minimum absolute atomic E-state index is 0.276. The van der Waals surface area contributed by atoms with Crippen LogP contribution in [0.2, 0.25) is 0 Å². The highest BCUT2D eigenvalue weighted by Gasteiger charge is 2.33. The number of aliphatic imine (C=N–C) groups is 1. The molecule has 1 saturated heterocycles. The molecule has 0 unspecified atom stereocenters. The molecule has 0 saturated carbocycles. The van der Waals surface area contributed by atoms with Crippen LogP contribution in [0.15, 0.2) is 23.7 Å². The lowest BCUT2D eigenvalue weighted by atomic mass is 9.96. The van der Waals surface area contributed by atoms with Crippen LogP contribution < -0.4 is 5.32 Å². The first-order chi connectivity index (χ1) is 8.28. The van der Waals surface area contributed by atoms with Crippen molar-refractivity contribution in [2.24, 2.45) is 4.99 Å². The molecular weight excluding hydrogens is 232 g/mol. The quantitative estimate of drug-likeness (QED) is 0.873. The summed E-state index contributed by atoms with van der Waals surface area (Å²) in [7, 11) is 0. The second-order valence-corrected chi connectivity index (χ2v) is 5.35. The summed E-state index contributed by atoms with van der Waals surface area (Å²) in [4.78, 5) is 8.63. The van der Waals surface area contributed by atoms with Crippen LogP contribution >= 0.6 is 11.8 Å². The van der Waals surface area contributed by atoms with Crippen LogP contribution in [0, 0.1) is 0 Å². The van der Waals surface area contributed by atoms with Crippen LogP contribution in [-0.4, -0.2) is 32.6 Å². The van der Waals surface area contributed by atoms with E-state index in [-0.39, 0.29) is 5.54 Å². The van der Waals surface area contributed by atoms with E-state index in [9.17, 15) is 0 Å². The molecule has 0 aromatic carbocycles. The molecule has 5 heteroatoms. The van der Waals surface area contributed by atoms with Gasteiger partial charge in [0.15, 0.2) is 5.17 Å². The Morgan fingerprint density at radius 2 is 2.35 bits per heavy atom. The van der Waals surface area contributed by atoms with E-state index in [0.29, 0.717) is 0 Å². The lowest BCUT2D eigenvalue weighted by Crippen LogP contribution is -2.42. The van der Waals surface area contributed by atoms with Crippen molar-refractivity contribution in [1.82, 2.24) is 14.9 Å². The van der Waals surface area contributed by atoms with E-state index >= 15 is 0 Å². The lowest BCUT2D eigenvalue weighted by Gasteiger charge is -2.25. The Balaban J connectivity index is 1.84. The van der Waals surface area contributed by atoms with Crippen molar-refractivity contribution >= 4 is 16.9 Å². The molecule has 1 aliphatic rings. The third-order valence-corrected chi connectivity index (χ3v) is 4.59. The summed E-state index contributed by atoms with van der Waals surface area (Å²) in [6.07, 6.45) is 7.93. The largest absolute Gasteiger partial charge is 0.359 e. The minimum atomic E-state index is 0.276. The van der Waals surface area contributed by atoms with E-state index in [2.05, 4.69) is 33.7 Å². The van der Waals surface area contributed by atoms with Crippen LogP contribution in [0.4, 0.5) is 0 Å². The monoisotopic (exact) mass is 252 g/mol. The Kier molecular flexibility index (Phi) is 4.10. The second-order valence-electron chi connectivity index (χ2n) is 4.39. The summed E-state index contributed by atoms with van der Waals surface area (Å²) >= 11 is 1.85. The van der Waals surface area contributed by atoms with Crippen molar-refractivity contribution in [3.63, 3.8) is 0 Å². The Labute approximate surface area is 107 Å². The summed E-state index contributed by atoms with van der Waals surface area (Å²) < 4.78 is 2.05. The van der Waals surface area contributed by atoms with Gasteiger partial charge >= 0.3 is 0 Å². The van der Waals surface area contributed by atoms with Gasteiger partial charge in [-0.1, -0.05) is 25.6 Å². The number of imidazole rings is 1. The average molecular weight is 252 g/mol. The fraction of sp³-hybridized carbons (Fsp3) is 0.667. The molecule has 1 N–H and O–H groups in total. The van der Waals surface area contributed by atoms with Gasteiger partial charge in [-0.05, 0) is 12.8 Å². The molecule has 0 spiro atoms. The van der Waals surface area contributed by atoms with Crippen LogP contribution in [-0.2, 0) is 6.54 Å². The summed E-state index contributed by atoms with van der Waals surface area (Å²) in [5.74, 6) is 1.14. The Bertz CT molecular complexity index is 368. The molecule has 2 rings (SSSR count). The first-order valence-electron chi connectivity index (χ1n) is 6.19. The first-order valence-corrected chi connectivity index (χ1v) is 7.18. The third-order valence-electron chi connectivity index (χ3n) is 3.38. The minimum Gasteiger partial charge on any atom is -0.359 e. The zero-order chi connectivity index (χ0) is 12.1. The van der Waals surface area contributed by atoms with Crippen LogP contribution in [0.25, 0.3) is 0 Å². The van der Waals surface area contributed by atoms with Crippen molar-refractivity contribution < 1.29 is 0 Å². The maximum Gasteiger partial charge on any atom is 0.157 e. The highest BCUT2D eigenvalue weighted by molar-refractivity contribution is 8.14. The van der Waals surface area contributed by atoms with Crippen molar-refractivity contribution in [3.8, 4) is 0 Å². The van der Waals surface area contributed by atoms with Gasteiger partial charge in [0.05, 0.1) is 12.9 Å². The number of thioether (sulfide) groups is 1. The normalized spacial score (nSPS) is 20.7. The molecule has 0 bridgehead atoms. The maximum absolute atomic E-state index is 4.61. The predicted octanol–water partition coefficient (Wildman–Crippen LogP) is 2.13. The van der Waals surface area contributed by atoms with E-state index < -0.39 is 0 Å². The molecular formula is C12H20N4S. The predicted molar refractivity (Wildman–Crippen MR) is 73.4 cm³/mol. The molecule has 1 aliphatic heterocycles. The van der Waals surface area contributed by atoms with Crippen molar-refractivity contribution in [2.75, 3.05) is 12.3 Å². The van der Waals surface area contributed by atoms with Gasteiger partial charge < -0.3 is 9.88 Å². The van der Waals surface area contributed by atoms with Gasteiger partial charge in [0.2, 0.25) is 0 Å². The maximum atomic E-state index is 4.61. The molecule has 0 radical (unpaired) electrons. The molecule has 2 heterocycles. The number of rotatable bonds is 5. The van der Waals surface area contributed by atoms with E-state index in [0.717, 1.165) is 36.9 Å². The summed E-state index contributed by atoms with van der Waals surface area (Å²) in [6, 6.07) is 0. The number of amidine groups is 1. The fourth-order valence-corrected chi connectivity index (χ4v) is 3.27. The standard InChI is InChI=1S/C12H20N4S/c1-3-12(4-2)9-17-11(15-12)14-6-8-16-7-5-13-10-16/h5,7,10H,3-4,6,8-9H2,1-2H3,(H,14,15). The lowest BCUT2D eigenvalue weighted by molar-refractivity contribution is 0.407. The van der Waals surface area contributed by atoms with Gasteiger partial charge in [0.25, 0.3) is 0 Å². The summed E-state index contributed by atoms with van der Waals surface area (Å²) in [6.45, 7) is 6.20. The van der Waals surface area contributed by atoms with E-state index in [1.54, 1.807) is 6.20 Å². The Morgan fingerprint density at radius 1 is 1.53 bits per heavy atom. The number of nitrogens with zero attached hydrogens (tertiary/aromatic N) is 3. The number of hydrogen-bond donors (Lipinski definition) is 1. The molecule has 1 aromatic rings. The molecule has 0 amide bonds. The second kappa shape index (κ2) is 5.58. The molecule has 17 heavy (non-hydrogen) atoms. The fourth-order valence-electron chi connectivity index (χ4n) is 1.91. The molecule has 4 nitrogen and oxygen atoms in total. The molecule has 0 aliphatic carbocycles. The number of aromatic nitrogens is 2. The van der Waals surface area contributed by atoms with Crippen molar-refractivity contribution in [1.29, 1.82) is 0 Å². The highest BCUT2D eigenvalue weighted by atomic mass is 32.2. The molecule has 1 fully saturated rings. The highest BCUT2D eigenvalue weighted by Crippen LogP contribution is 2.28. The van der Waals surface area contributed by atoms with Gasteiger partial charge in [-0.3, -0.25) is 4.99 Å². The SMILES string of the molecule is CCC1(CC)CSC(=NCCn2ccnc2)N1. The summed E-state index contributed by atoms with van der Waals surface area (Å²) in [5, 5.41) is 4.68.